The number of phenols is 1. The zero-order chi connectivity index (χ0) is 14.3. The van der Waals surface area contributed by atoms with Crippen molar-refractivity contribution in [2.45, 2.75) is 10.4 Å². The molecule has 0 saturated heterocycles. The van der Waals surface area contributed by atoms with Crippen molar-refractivity contribution in [2.24, 2.45) is 0 Å². The van der Waals surface area contributed by atoms with Crippen molar-refractivity contribution in [1.82, 2.24) is 0 Å². The molecule has 2 nitrogen and oxygen atoms in total. The minimum atomic E-state index is -4.67. The minimum absolute atomic E-state index is 0.218. The number of hydrogen-bond acceptors (Lipinski definition) is 2. The van der Waals surface area contributed by atoms with Crippen LogP contribution in [0.25, 0.3) is 0 Å². The molecule has 0 heterocycles. The smallest absolute Gasteiger partial charge is 0.578 e. The van der Waals surface area contributed by atoms with E-state index >= 15 is 0 Å². The van der Waals surface area contributed by atoms with E-state index in [9.17, 15) is 17.7 Å². The van der Waals surface area contributed by atoms with Gasteiger partial charge in [0.15, 0.2) is 4.90 Å². The lowest BCUT2D eigenvalue weighted by Crippen LogP contribution is -2.23. The van der Waals surface area contributed by atoms with Crippen molar-refractivity contribution in [3.63, 3.8) is 0 Å². The van der Waals surface area contributed by atoms with Crippen LogP contribution in [-0.2, 0) is 11.2 Å². The lowest BCUT2D eigenvalue weighted by Gasteiger charge is -2.11. The Kier molecular flexibility index (Phi) is 5.72. The Morgan fingerprint density at radius 3 is 1.58 bits per heavy atom. The molecule has 0 amide bonds. The summed E-state index contributed by atoms with van der Waals surface area (Å²) in [6.07, 6.45) is 0. The Labute approximate surface area is 111 Å². The van der Waals surface area contributed by atoms with E-state index in [0.29, 0.717) is 5.75 Å². The first-order chi connectivity index (χ1) is 8.91. The van der Waals surface area contributed by atoms with Crippen LogP contribution in [0.2, 0.25) is 0 Å². The second-order valence-electron chi connectivity index (χ2n) is 3.36. The van der Waals surface area contributed by atoms with E-state index in [2.05, 4.69) is 0 Å². The van der Waals surface area contributed by atoms with Gasteiger partial charge in [0.2, 0.25) is 0 Å². The normalized spacial score (nSPS) is 12.2. The highest BCUT2D eigenvalue weighted by atomic mass is 32.2. The van der Waals surface area contributed by atoms with E-state index < -0.39 is 16.7 Å². The largest absolute Gasteiger partial charge is 0.604 e. The van der Waals surface area contributed by atoms with Crippen LogP contribution in [0.15, 0.2) is 65.6 Å². The summed E-state index contributed by atoms with van der Waals surface area (Å²) in [5, 5.41) is 8.63. The van der Waals surface area contributed by atoms with E-state index in [0.717, 1.165) is 0 Å². The predicted octanol–water partition coefficient (Wildman–Crippen LogP) is 3.71. The molecule has 0 spiro atoms. The number of phenolic OH excluding ortho intramolecular Hbond substituents is 1. The Morgan fingerprint density at radius 1 is 0.842 bits per heavy atom. The molecule has 0 saturated carbocycles. The quantitative estimate of drug-likeness (QED) is 0.813. The number of hydrogen-bond donors (Lipinski definition) is 1. The average Bonchev–Trinajstić information content (AvgIpc) is 2.39. The SMILES string of the molecule is Oc1ccccc1.[O-][S+](c1ccccc1)C(F)(F)F. The summed E-state index contributed by atoms with van der Waals surface area (Å²) in [5.41, 5.74) is -4.67. The van der Waals surface area contributed by atoms with E-state index in [4.69, 9.17) is 5.11 Å². The summed E-state index contributed by atoms with van der Waals surface area (Å²) >= 11 is -2.90. The maximum atomic E-state index is 11.8. The molecule has 1 N–H and O–H groups in total. The predicted molar refractivity (Wildman–Crippen MR) is 67.0 cm³/mol. The molecule has 102 valence electrons. The van der Waals surface area contributed by atoms with Crippen LogP contribution in [0.4, 0.5) is 13.2 Å². The zero-order valence-corrected chi connectivity index (χ0v) is 10.5. The van der Waals surface area contributed by atoms with E-state index in [1.54, 1.807) is 30.3 Å². The van der Waals surface area contributed by atoms with Gasteiger partial charge in [0.1, 0.15) is 5.75 Å². The van der Waals surface area contributed by atoms with Gasteiger partial charge in [-0.15, -0.1) is 13.2 Å². The summed E-state index contributed by atoms with van der Waals surface area (Å²) in [6.45, 7) is 0. The number of rotatable bonds is 1. The number of halogens is 3. The second kappa shape index (κ2) is 7.06. The third-order valence-electron chi connectivity index (χ3n) is 1.92. The maximum absolute atomic E-state index is 11.8. The maximum Gasteiger partial charge on any atom is 0.578 e. The summed E-state index contributed by atoms with van der Waals surface area (Å²) in [5.74, 6) is 0.322. The van der Waals surface area contributed by atoms with E-state index in [-0.39, 0.29) is 4.90 Å². The third kappa shape index (κ3) is 5.67. The van der Waals surface area contributed by atoms with Crippen molar-refractivity contribution in [2.75, 3.05) is 0 Å². The first-order valence-corrected chi connectivity index (χ1v) is 6.34. The van der Waals surface area contributed by atoms with Gasteiger partial charge in [-0.25, -0.2) is 0 Å². The molecule has 2 aromatic rings. The second-order valence-corrected chi connectivity index (χ2v) is 4.83. The van der Waals surface area contributed by atoms with Crippen LogP contribution in [0, 0.1) is 0 Å². The number of benzene rings is 2. The molecule has 0 bridgehead atoms. The number of para-hydroxylation sites is 1. The van der Waals surface area contributed by atoms with Gasteiger partial charge in [-0.05, 0) is 24.3 Å². The van der Waals surface area contributed by atoms with Crippen LogP contribution in [0.3, 0.4) is 0 Å². The molecule has 0 aliphatic heterocycles. The molecule has 0 radical (unpaired) electrons. The van der Waals surface area contributed by atoms with Crippen molar-refractivity contribution in [3.05, 3.63) is 60.7 Å². The van der Waals surface area contributed by atoms with Crippen molar-refractivity contribution in [1.29, 1.82) is 0 Å². The van der Waals surface area contributed by atoms with Gasteiger partial charge in [-0.3, -0.25) is 0 Å². The molecule has 0 aliphatic rings. The molecule has 1 atom stereocenters. The summed E-state index contributed by atoms with van der Waals surface area (Å²) < 4.78 is 46.2. The summed E-state index contributed by atoms with van der Waals surface area (Å²) in [6, 6.07) is 15.5. The molecule has 0 aliphatic carbocycles. The van der Waals surface area contributed by atoms with Crippen LogP contribution in [-0.4, -0.2) is 15.2 Å². The molecule has 6 heteroatoms. The highest BCUT2D eigenvalue weighted by Crippen LogP contribution is 2.29. The van der Waals surface area contributed by atoms with Crippen molar-refractivity contribution >= 4 is 11.2 Å². The fraction of sp³-hybridized carbons (Fsp3) is 0.0769. The summed E-state index contributed by atoms with van der Waals surface area (Å²) in [7, 11) is 0. The first-order valence-electron chi connectivity index (χ1n) is 5.19. The highest BCUT2D eigenvalue weighted by molar-refractivity contribution is 7.92. The lowest BCUT2D eigenvalue weighted by atomic mass is 10.3. The first kappa shape index (κ1) is 15.4. The zero-order valence-electron chi connectivity index (χ0n) is 9.67. The minimum Gasteiger partial charge on any atom is -0.604 e. The molecule has 1 unspecified atom stereocenters. The van der Waals surface area contributed by atoms with Crippen LogP contribution < -0.4 is 0 Å². The van der Waals surface area contributed by atoms with Crippen molar-refractivity contribution in [3.8, 4) is 5.75 Å². The fourth-order valence-electron chi connectivity index (χ4n) is 1.11. The van der Waals surface area contributed by atoms with Crippen molar-refractivity contribution < 1.29 is 22.8 Å². The molecular weight excluding hydrogens is 277 g/mol. The Balaban J connectivity index is 0.000000218. The lowest BCUT2D eigenvalue weighted by molar-refractivity contribution is -0.0435. The topological polar surface area (TPSA) is 43.3 Å². The monoisotopic (exact) mass is 288 g/mol. The van der Waals surface area contributed by atoms with Crippen LogP contribution in [0.5, 0.6) is 5.75 Å². The van der Waals surface area contributed by atoms with Gasteiger partial charge >= 0.3 is 5.51 Å². The van der Waals surface area contributed by atoms with E-state index in [1.807, 2.05) is 6.07 Å². The van der Waals surface area contributed by atoms with Gasteiger partial charge in [0.05, 0.1) is 11.2 Å². The van der Waals surface area contributed by atoms with Gasteiger partial charge in [0.25, 0.3) is 0 Å². The number of alkyl halides is 3. The Hall–Kier alpha value is -1.66. The molecule has 2 aromatic carbocycles. The molecule has 0 aromatic heterocycles. The standard InChI is InChI=1S/C7H5F3OS.C6H6O/c8-7(9,10)12(11)6-4-2-1-3-5-6;7-6-4-2-1-3-5-6/h1-5H;1-5,7H. The van der Waals surface area contributed by atoms with Gasteiger partial charge < -0.3 is 9.66 Å². The molecular formula is C13H11F3O2S. The molecule has 19 heavy (non-hydrogen) atoms. The molecule has 2 rings (SSSR count). The van der Waals surface area contributed by atoms with E-state index in [1.165, 1.54) is 24.3 Å². The summed E-state index contributed by atoms with van der Waals surface area (Å²) in [4.78, 5) is -0.218. The third-order valence-corrected chi connectivity index (χ3v) is 3.04. The van der Waals surface area contributed by atoms with Gasteiger partial charge in [-0.1, -0.05) is 36.4 Å². The van der Waals surface area contributed by atoms with Crippen LogP contribution >= 0.6 is 0 Å². The van der Waals surface area contributed by atoms with Gasteiger partial charge in [0, 0.05) is 0 Å². The Morgan fingerprint density at radius 2 is 1.26 bits per heavy atom. The van der Waals surface area contributed by atoms with Crippen LogP contribution in [0.1, 0.15) is 0 Å². The number of aromatic hydroxyl groups is 1. The highest BCUT2D eigenvalue weighted by Gasteiger charge is 2.45. The average molecular weight is 288 g/mol. The Bertz CT molecular complexity index is 474. The van der Waals surface area contributed by atoms with Gasteiger partial charge in [-0.2, -0.15) is 0 Å². The fourth-order valence-corrected chi connectivity index (χ4v) is 1.78. The molecule has 0 fully saturated rings.